The van der Waals surface area contributed by atoms with Crippen molar-refractivity contribution in [3.63, 3.8) is 0 Å². The number of carbonyl (C=O) groups is 1. The maximum absolute atomic E-state index is 12.8. The first kappa shape index (κ1) is 16.1. The van der Waals surface area contributed by atoms with Crippen LogP contribution in [0.4, 0.5) is 5.69 Å². The predicted molar refractivity (Wildman–Crippen MR) is 96.6 cm³/mol. The molecule has 0 fully saturated rings. The molecule has 0 saturated carbocycles. The summed E-state index contributed by atoms with van der Waals surface area (Å²) in [5.74, 6) is -0.366. The van der Waals surface area contributed by atoms with E-state index in [1.54, 1.807) is 24.3 Å². The van der Waals surface area contributed by atoms with E-state index in [1.165, 1.54) is 0 Å². The molecule has 1 heterocycles. The van der Waals surface area contributed by atoms with Crippen molar-refractivity contribution in [2.75, 3.05) is 5.73 Å². The lowest BCUT2D eigenvalue weighted by molar-refractivity contribution is 0.0961. The fourth-order valence-electron chi connectivity index (χ4n) is 2.72. The van der Waals surface area contributed by atoms with Gasteiger partial charge in [0, 0.05) is 11.3 Å². The zero-order valence-electron chi connectivity index (χ0n) is 14.3. The number of aryl methyl sites for hydroxylation is 1. The van der Waals surface area contributed by atoms with Crippen LogP contribution in [0.5, 0.6) is 0 Å². The zero-order valence-corrected chi connectivity index (χ0v) is 14.3. The number of hydrogen-bond acceptors (Lipinski definition) is 3. The van der Waals surface area contributed by atoms with E-state index in [0.29, 0.717) is 22.3 Å². The van der Waals surface area contributed by atoms with Crippen molar-refractivity contribution in [2.24, 2.45) is 0 Å². The van der Waals surface area contributed by atoms with Crippen LogP contribution in [0.3, 0.4) is 0 Å². The van der Waals surface area contributed by atoms with E-state index < -0.39 is 5.69 Å². The first-order valence-electron chi connectivity index (χ1n) is 7.84. The first-order chi connectivity index (χ1) is 11.2. The second kappa shape index (κ2) is 5.37. The van der Waals surface area contributed by atoms with Crippen molar-refractivity contribution in [2.45, 2.75) is 33.1 Å². The number of aromatic nitrogens is 2. The van der Waals surface area contributed by atoms with Gasteiger partial charge in [0.25, 0.3) is 5.91 Å². The summed E-state index contributed by atoms with van der Waals surface area (Å²) in [6, 6.07) is 10.8. The third kappa shape index (κ3) is 2.62. The maximum Gasteiger partial charge on any atom is 0.333 e. The van der Waals surface area contributed by atoms with E-state index >= 15 is 0 Å². The van der Waals surface area contributed by atoms with Gasteiger partial charge < -0.3 is 10.7 Å². The van der Waals surface area contributed by atoms with E-state index in [4.69, 9.17) is 5.73 Å². The van der Waals surface area contributed by atoms with E-state index in [1.807, 2.05) is 19.1 Å². The number of fused-ring (bicyclic) bond motifs is 1. The average Bonchev–Trinajstić information content (AvgIpc) is 2.81. The minimum absolute atomic E-state index is 0.00513. The average molecular weight is 323 g/mol. The van der Waals surface area contributed by atoms with Gasteiger partial charge in [0.2, 0.25) is 0 Å². The highest BCUT2D eigenvalue weighted by Gasteiger charge is 2.18. The molecule has 5 nitrogen and oxygen atoms in total. The molecule has 5 heteroatoms. The second-order valence-electron chi connectivity index (χ2n) is 7.12. The Bertz CT molecular complexity index is 986. The van der Waals surface area contributed by atoms with Crippen LogP contribution >= 0.6 is 0 Å². The molecule has 3 rings (SSSR count). The number of carbonyl (C=O) groups excluding carboxylic acids is 1. The topological polar surface area (TPSA) is 80.9 Å². The van der Waals surface area contributed by atoms with Gasteiger partial charge in [-0.2, -0.15) is 0 Å². The molecule has 0 saturated heterocycles. The molecule has 3 N–H and O–H groups in total. The maximum atomic E-state index is 12.8. The summed E-state index contributed by atoms with van der Waals surface area (Å²) < 4.78 is 1.14. The molecule has 0 spiro atoms. The molecular formula is C19H21N3O2. The number of nitrogens with two attached hydrogens (primary N) is 1. The van der Waals surface area contributed by atoms with Gasteiger partial charge in [-0.15, -0.1) is 0 Å². The number of rotatable bonds is 1. The smallest absolute Gasteiger partial charge is 0.333 e. The summed E-state index contributed by atoms with van der Waals surface area (Å²) in [6.45, 7) is 8.19. The second-order valence-corrected chi connectivity index (χ2v) is 7.12. The lowest BCUT2D eigenvalue weighted by atomic mass is 9.87. The highest BCUT2D eigenvalue weighted by Crippen LogP contribution is 2.23. The van der Waals surface area contributed by atoms with E-state index in [2.05, 4.69) is 25.8 Å². The van der Waals surface area contributed by atoms with Crippen LogP contribution in [0.2, 0.25) is 0 Å². The summed E-state index contributed by atoms with van der Waals surface area (Å²) in [7, 11) is 0. The Hall–Kier alpha value is -2.82. The molecular weight excluding hydrogens is 302 g/mol. The van der Waals surface area contributed by atoms with Gasteiger partial charge in [-0.1, -0.05) is 32.9 Å². The van der Waals surface area contributed by atoms with Crippen molar-refractivity contribution < 1.29 is 4.79 Å². The normalized spacial score (nSPS) is 11.8. The Labute approximate surface area is 140 Å². The number of nitrogen functional groups attached to an aromatic ring is 1. The number of H-pyrrole nitrogens is 1. The number of imidazole rings is 1. The molecule has 0 amide bonds. The van der Waals surface area contributed by atoms with Crippen LogP contribution < -0.4 is 11.4 Å². The van der Waals surface area contributed by atoms with Crippen LogP contribution in [0.15, 0.2) is 41.2 Å². The Kier molecular flexibility index (Phi) is 3.59. The van der Waals surface area contributed by atoms with Crippen LogP contribution in [0.1, 0.15) is 42.3 Å². The summed E-state index contributed by atoms with van der Waals surface area (Å²) in [4.78, 5) is 27.8. The molecule has 0 bridgehead atoms. The Morgan fingerprint density at radius 3 is 2.33 bits per heavy atom. The van der Waals surface area contributed by atoms with Gasteiger partial charge in [0.15, 0.2) is 0 Å². The quantitative estimate of drug-likeness (QED) is 0.675. The molecule has 3 aromatic rings. The van der Waals surface area contributed by atoms with Crippen molar-refractivity contribution in [1.29, 1.82) is 0 Å². The number of anilines is 1. The SMILES string of the molecule is Cc1cc2[nH]c(=O)n(C(=O)c3ccc(C(C)(C)C)cc3)c2cc1N. The minimum atomic E-state index is -0.458. The Balaban J connectivity index is 2.10. The number of benzene rings is 2. The van der Waals surface area contributed by atoms with Crippen molar-refractivity contribution >= 4 is 22.6 Å². The zero-order chi connectivity index (χ0) is 17.6. The molecule has 0 unspecified atom stereocenters. The van der Waals surface area contributed by atoms with Crippen molar-refractivity contribution in [1.82, 2.24) is 9.55 Å². The fourth-order valence-corrected chi connectivity index (χ4v) is 2.72. The van der Waals surface area contributed by atoms with Crippen LogP contribution in [0, 0.1) is 6.92 Å². The number of aromatic amines is 1. The van der Waals surface area contributed by atoms with Gasteiger partial charge in [-0.25, -0.2) is 9.36 Å². The summed E-state index contributed by atoms with van der Waals surface area (Å²) >= 11 is 0. The Morgan fingerprint density at radius 2 is 1.75 bits per heavy atom. The van der Waals surface area contributed by atoms with Crippen molar-refractivity contribution in [3.8, 4) is 0 Å². The van der Waals surface area contributed by atoms with Crippen LogP contribution in [0.25, 0.3) is 11.0 Å². The van der Waals surface area contributed by atoms with E-state index in [-0.39, 0.29) is 11.3 Å². The monoisotopic (exact) mass is 323 g/mol. The van der Waals surface area contributed by atoms with Gasteiger partial charge in [0.1, 0.15) is 0 Å². The van der Waals surface area contributed by atoms with Gasteiger partial charge in [-0.3, -0.25) is 4.79 Å². The molecule has 0 aliphatic carbocycles. The Morgan fingerprint density at radius 1 is 1.12 bits per heavy atom. The largest absolute Gasteiger partial charge is 0.398 e. The summed E-state index contributed by atoms with van der Waals surface area (Å²) in [6.07, 6.45) is 0. The fraction of sp³-hybridized carbons (Fsp3) is 0.263. The number of nitrogens with one attached hydrogen (secondary N) is 1. The number of nitrogens with zero attached hydrogens (tertiary/aromatic N) is 1. The third-order valence-corrected chi connectivity index (χ3v) is 4.27. The highest BCUT2D eigenvalue weighted by molar-refractivity contribution is 6.01. The third-order valence-electron chi connectivity index (χ3n) is 4.27. The highest BCUT2D eigenvalue weighted by atomic mass is 16.2. The summed E-state index contributed by atoms with van der Waals surface area (Å²) in [5, 5.41) is 0. The summed E-state index contributed by atoms with van der Waals surface area (Å²) in [5.41, 5.74) is 9.57. The van der Waals surface area contributed by atoms with Crippen LogP contribution in [-0.4, -0.2) is 15.5 Å². The van der Waals surface area contributed by atoms with Gasteiger partial charge in [-0.05, 0) is 47.7 Å². The molecule has 0 aliphatic rings. The lowest BCUT2D eigenvalue weighted by Gasteiger charge is -2.19. The molecule has 0 atom stereocenters. The molecule has 124 valence electrons. The van der Waals surface area contributed by atoms with Gasteiger partial charge >= 0.3 is 5.69 Å². The van der Waals surface area contributed by atoms with Crippen LogP contribution in [-0.2, 0) is 5.41 Å². The lowest BCUT2D eigenvalue weighted by Crippen LogP contribution is -2.25. The van der Waals surface area contributed by atoms with Crippen molar-refractivity contribution in [3.05, 3.63) is 63.6 Å². The molecule has 1 aromatic heterocycles. The predicted octanol–water partition coefficient (Wildman–Crippen LogP) is 3.21. The number of hydrogen-bond donors (Lipinski definition) is 2. The van der Waals surface area contributed by atoms with E-state index in [0.717, 1.165) is 15.7 Å². The molecule has 2 aromatic carbocycles. The molecule has 0 radical (unpaired) electrons. The minimum Gasteiger partial charge on any atom is -0.398 e. The molecule has 0 aliphatic heterocycles. The standard InChI is InChI=1S/C19H21N3O2/c1-11-9-15-16(10-14(11)20)22(18(24)21-15)17(23)12-5-7-13(8-6-12)19(2,3)4/h5-10H,20H2,1-4H3,(H,21,24). The van der Waals surface area contributed by atoms with Gasteiger partial charge in [0.05, 0.1) is 11.0 Å². The first-order valence-corrected chi connectivity index (χ1v) is 7.84. The molecule has 24 heavy (non-hydrogen) atoms. The van der Waals surface area contributed by atoms with E-state index in [9.17, 15) is 9.59 Å².